The van der Waals surface area contributed by atoms with Crippen molar-refractivity contribution in [1.29, 1.82) is 0 Å². The summed E-state index contributed by atoms with van der Waals surface area (Å²) in [7, 11) is 1.93. The molecule has 4 aromatic heterocycles. The zero-order valence-electron chi connectivity index (χ0n) is 33.2. The van der Waals surface area contributed by atoms with E-state index in [1.54, 1.807) is 6.20 Å². The number of anilines is 1. The molecule has 10 nitrogen and oxygen atoms in total. The molecular formula is C45H45Cl2N7O3. The molecule has 8 rings (SSSR count). The molecule has 7 aromatic rings. The lowest BCUT2D eigenvalue weighted by Crippen LogP contribution is -2.43. The molecule has 0 saturated heterocycles. The lowest BCUT2D eigenvalue weighted by atomic mass is 9.98. The number of primary amides is 1. The number of aryl methyl sites for hydroxylation is 6. The SMILES string of the molecule is Cc1cc(N2CC(C)n3c(c(CCCOc4cc(C)c(Cl)c(C)c4)c4ccc(Cl)c(-c5c(C)nn(C)c5C)c43)C2=O)c2c(c1)cc(C(N)=O)n2Cc1ccccn1. The number of hydrogen-bond donors (Lipinski definition) is 1. The zero-order chi connectivity index (χ0) is 40.4. The molecule has 12 heteroatoms. The second-order valence-corrected chi connectivity index (χ2v) is 16.1. The summed E-state index contributed by atoms with van der Waals surface area (Å²) in [5.74, 6) is 0.0742. The third-order valence-electron chi connectivity index (χ3n) is 11.3. The summed E-state index contributed by atoms with van der Waals surface area (Å²) >= 11 is 13.6. The monoisotopic (exact) mass is 801 g/mol. The Morgan fingerprint density at radius 3 is 2.39 bits per heavy atom. The Labute approximate surface area is 341 Å². The van der Waals surface area contributed by atoms with Crippen LogP contribution in [-0.2, 0) is 20.0 Å². The van der Waals surface area contributed by atoms with Crippen molar-refractivity contribution in [2.75, 3.05) is 18.1 Å². The first-order chi connectivity index (χ1) is 27.2. The highest BCUT2D eigenvalue weighted by molar-refractivity contribution is 6.35. The number of hydrogen-bond acceptors (Lipinski definition) is 5. The number of halogens is 2. The third-order valence-corrected chi connectivity index (χ3v) is 12.2. The number of aromatic nitrogens is 5. The number of pyridine rings is 1. The fourth-order valence-electron chi connectivity index (χ4n) is 8.70. The summed E-state index contributed by atoms with van der Waals surface area (Å²) < 4.78 is 12.2. The van der Waals surface area contributed by atoms with Crippen LogP contribution in [0.1, 0.15) is 79.7 Å². The van der Waals surface area contributed by atoms with Gasteiger partial charge >= 0.3 is 0 Å². The molecule has 0 spiro atoms. The Morgan fingerprint density at radius 1 is 0.965 bits per heavy atom. The maximum absolute atomic E-state index is 15.4. The Hall–Kier alpha value is -5.58. The summed E-state index contributed by atoms with van der Waals surface area (Å²) in [5.41, 5.74) is 17.6. The van der Waals surface area contributed by atoms with Crippen molar-refractivity contribution in [2.24, 2.45) is 12.8 Å². The Bertz CT molecular complexity index is 2740. The maximum atomic E-state index is 15.4. The Balaban J connectivity index is 1.30. The lowest BCUT2D eigenvalue weighted by molar-refractivity contribution is 0.0956. The molecule has 1 atom stereocenters. The lowest BCUT2D eigenvalue weighted by Gasteiger charge is -2.35. The number of carbonyl (C=O) groups excluding carboxylic acids is 2. The molecule has 57 heavy (non-hydrogen) atoms. The highest BCUT2D eigenvalue weighted by atomic mass is 35.5. The molecule has 292 valence electrons. The number of rotatable bonds is 10. The van der Waals surface area contributed by atoms with Gasteiger partial charge in [0.1, 0.15) is 17.1 Å². The quantitative estimate of drug-likeness (QED) is 0.139. The van der Waals surface area contributed by atoms with Gasteiger partial charge in [0.15, 0.2) is 0 Å². The molecule has 1 aliphatic heterocycles. The van der Waals surface area contributed by atoms with Crippen molar-refractivity contribution in [3.8, 4) is 16.9 Å². The molecule has 0 saturated carbocycles. The minimum atomic E-state index is -0.553. The minimum Gasteiger partial charge on any atom is -0.494 e. The second-order valence-electron chi connectivity index (χ2n) is 15.3. The van der Waals surface area contributed by atoms with Gasteiger partial charge in [-0.1, -0.05) is 35.3 Å². The van der Waals surface area contributed by atoms with Crippen molar-refractivity contribution in [3.63, 3.8) is 0 Å². The first kappa shape index (κ1) is 38.3. The van der Waals surface area contributed by atoms with E-state index in [9.17, 15) is 4.79 Å². The van der Waals surface area contributed by atoms with Crippen LogP contribution in [0.15, 0.2) is 66.9 Å². The van der Waals surface area contributed by atoms with Crippen molar-refractivity contribution < 1.29 is 14.3 Å². The van der Waals surface area contributed by atoms with Gasteiger partial charge in [-0.05, 0) is 125 Å². The fourth-order valence-corrected chi connectivity index (χ4v) is 9.06. The van der Waals surface area contributed by atoms with E-state index in [-0.39, 0.29) is 11.9 Å². The highest BCUT2D eigenvalue weighted by Crippen LogP contribution is 2.46. The van der Waals surface area contributed by atoms with Crippen LogP contribution < -0.4 is 15.4 Å². The maximum Gasteiger partial charge on any atom is 0.275 e. The Kier molecular flexibility index (Phi) is 9.90. The van der Waals surface area contributed by atoms with E-state index in [1.807, 2.05) is 116 Å². The normalized spacial score (nSPS) is 14.2. The second kappa shape index (κ2) is 14.7. The number of benzene rings is 3. The molecule has 0 aliphatic carbocycles. The average Bonchev–Trinajstić information content (AvgIpc) is 3.79. The van der Waals surface area contributed by atoms with E-state index < -0.39 is 5.91 Å². The molecule has 3 aromatic carbocycles. The molecule has 0 bridgehead atoms. The van der Waals surface area contributed by atoms with Crippen LogP contribution in [0.2, 0.25) is 10.0 Å². The van der Waals surface area contributed by atoms with Crippen molar-refractivity contribution >= 4 is 62.5 Å². The van der Waals surface area contributed by atoms with Gasteiger partial charge in [0.25, 0.3) is 11.8 Å². The third kappa shape index (κ3) is 6.54. The van der Waals surface area contributed by atoms with Gasteiger partial charge in [-0.25, -0.2) is 0 Å². The molecule has 2 N–H and O–H groups in total. The van der Waals surface area contributed by atoms with Crippen LogP contribution in [0.3, 0.4) is 0 Å². The van der Waals surface area contributed by atoms with Crippen molar-refractivity contribution in [2.45, 2.75) is 67.0 Å². The number of nitrogens with two attached hydrogens (primary N) is 1. The molecular weight excluding hydrogens is 757 g/mol. The van der Waals surface area contributed by atoms with Gasteiger partial charge < -0.3 is 24.5 Å². The van der Waals surface area contributed by atoms with E-state index in [0.717, 1.165) is 83.0 Å². The van der Waals surface area contributed by atoms with Crippen LogP contribution in [-0.4, -0.2) is 48.9 Å². The predicted octanol–water partition coefficient (Wildman–Crippen LogP) is 9.62. The van der Waals surface area contributed by atoms with Gasteiger partial charge in [-0.3, -0.25) is 19.3 Å². The van der Waals surface area contributed by atoms with Crippen LogP contribution >= 0.6 is 23.2 Å². The highest BCUT2D eigenvalue weighted by Gasteiger charge is 2.38. The van der Waals surface area contributed by atoms with Gasteiger partial charge in [0, 0.05) is 58.4 Å². The molecule has 2 amide bonds. The van der Waals surface area contributed by atoms with Gasteiger partial charge in [-0.2, -0.15) is 5.10 Å². The van der Waals surface area contributed by atoms with E-state index in [1.165, 1.54) is 0 Å². The molecule has 1 aliphatic rings. The largest absolute Gasteiger partial charge is 0.494 e. The van der Waals surface area contributed by atoms with Crippen molar-refractivity contribution in [3.05, 3.63) is 128 Å². The molecule has 5 heterocycles. The number of nitrogens with zero attached hydrogens (tertiary/aromatic N) is 6. The van der Waals surface area contributed by atoms with Gasteiger partial charge in [-0.15, -0.1) is 0 Å². The first-order valence-electron chi connectivity index (χ1n) is 19.2. The predicted molar refractivity (Wildman–Crippen MR) is 228 cm³/mol. The minimum absolute atomic E-state index is 0.135. The smallest absolute Gasteiger partial charge is 0.275 e. The number of fused-ring (bicyclic) bond motifs is 4. The van der Waals surface area contributed by atoms with Gasteiger partial charge in [0.2, 0.25) is 0 Å². The van der Waals surface area contributed by atoms with E-state index in [0.29, 0.717) is 54.6 Å². The Morgan fingerprint density at radius 2 is 1.72 bits per heavy atom. The topological polar surface area (TPSA) is 113 Å². The fraction of sp³-hybridized carbons (Fsp3) is 0.289. The van der Waals surface area contributed by atoms with Crippen LogP contribution in [0.25, 0.3) is 32.9 Å². The van der Waals surface area contributed by atoms with Crippen molar-refractivity contribution in [1.82, 2.24) is 23.9 Å². The summed E-state index contributed by atoms with van der Waals surface area (Å²) in [6, 6.07) is 19.3. The van der Waals surface area contributed by atoms with Crippen LogP contribution in [0, 0.1) is 34.6 Å². The van der Waals surface area contributed by atoms with Crippen LogP contribution in [0.4, 0.5) is 5.69 Å². The zero-order valence-corrected chi connectivity index (χ0v) is 34.7. The summed E-state index contributed by atoms with van der Waals surface area (Å²) in [6.45, 7) is 13.3. The summed E-state index contributed by atoms with van der Waals surface area (Å²) in [4.78, 5) is 34.8. The van der Waals surface area contributed by atoms with Crippen LogP contribution in [0.5, 0.6) is 5.75 Å². The average molecular weight is 803 g/mol. The van der Waals surface area contributed by atoms with E-state index >= 15 is 4.79 Å². The van der Waals surface area contributed by atoms with E-state index in [2.05, 4.69) is 16.5 Å². The first-order valence-corrected chi connectivity index (χ1v) is 19.9. The van der Waals surface area contributed by atoms with E-state index in [4.69, 9.17) is 38.8 Å². The number of carbonyl (C=O) groups is 2. The standard InChI is InChI=1S/C45H45Cl2N7O3/c1-24-17-30-21-37(44(48)55)52(23-31-11-8-9-15-49-31)41(30)36(18-24)53-22-27(4)54-42-34(13-14-35(46)39(42)38-28(5)50-51(7)29(38)6)33(43(54)45(53)56)12-10-16-57-32-19-25(2)40(47)26(3)20-32/h8-9,11,13-15,17-21,27H,10,12,16,22-23H2,1-7H3,(H2,48,55). The number of ether oxygens (including phenoxy) is 1. The molecule has 0 fully saturated rings. The number of amides is 2. The summed E-state index contributed by atoms with van der Waals surface area (Å²) in [6.07, 6.45) is 2.96. The molecule has 1 unspecified atom stereocenters. The summed E-state index contributed by atoms with van der Waals surface area (Å²) in [5, 5.41) is 7.87. The molecule has 0 radical (unpaired) electrons. The van der Waals surface area contributed by atoms with Gasteiger partial charge in [0.05, 0.1) is 46.3 Å².